The minimum absolute atomic E-state index is 0.0293. The van der Waals surface area contributed by atoms with Gasteiger partial charge in [-0.05, 0) is 27.2 Å². The van der Waals surface area contributed by atoms with Crippen LogP contribution in [0.5, 0.6) is 0 Å². The second-order valence-electron chi connectivity index (χ2n) is 5.59. The first-order chi connectivity index (χ1) is 9.17. The molecule has 1 saturated heterocycles. The number of aliphatic carboxylic acids is 1. The van der Waals surface area contributed by atoms with Gasteiger partial charge in [-0.25, -0.2) is 9.59 Å². The number of carbonyl (C=O) groups is 2. The maximum atomic E-state index is 11.7. The van der Waals surface area contributed by atoms with Crippen LogP contribution in [0.4, 0.5) is 4.79 Å². The molecular formula is C11H21NO8S. The molecule has 0 aliphatic carbocycles. The third-order valence-electron chi connectivity index (χ3n) is 2.31. The monoisotopic (exact) mass is 327 g/mol. The molecule has 3 N–H and O–H groups in total. The minimum atomic E-state index is -3.67. The molecule has 1 rings (SSSR count). The summed E-state index contributed by atoms with van der Waals surface area (Å²) in [5.41, 5.74) is -2.83. The van der Waals surface area contributed by atoms with Gasteiger partial charge in [0.1, 0.15) is 5.60 Å². The highest BCUT2D eigenvalue weighted by atomic mass is 32.2. The van der Waals surface area contributed by atoms with Crippen molar-refractivity contribution in [2.24, 2.45) is 0 Å². The molecule has 0 saturated carbocycles. The second-order valence-corrected chi connectivity index (χ2v) is 7.06. The van der Waals surface area contributed by atoms with Gasteiger partial charge in [0.15, 0.2) is 0 Å². The van der Waals surface area contributed by atoms with Crippen LogP contribution in [-0.4, -0.2) is 64.3 Å². The highest BCUT2D eigenvalue weighted by molar-refractivity contribution is 7.85. The number of amides is 1. The number of likely N-dealkylation sites (tertiary alicyclic amines) is 1. The van der Waals surface area contributed by atoms with Crippen molar-refractivity contribution in [1.82, 2.24) is 4.90 Å². The van der Waals surface area contributed by atoms with E-state index >= 15 is 0 Å². The van der Waals surface area contributed by atoms with Crippen molar-refractivity contribution in [1.29, 1.82) is 0 Å². The van der Waals surface area contributed by atoms with E-state index in [-0.39, 0.29) is 13.0 Å². The zero-order chi connectivity index (χ0) is 17.1. The number of hydrogen-bond acceptors (Lipinski definition) is 6. The van der Waals surface area contributed by atoms with E-state index in [1.165, 1.54) is 0 Å². The molecule has 124 valence electrons. The summed E-state index contributed by atoms with van der Waals surface area (Å²) >= 11 is 0. The topological polar surface area (TPSA) is 141 Å². The van der Waals surface area contributed by atoms with Gasteiger partial charge in [-0.3, -0.25) is 9.45 Å². The average Bonchev–Trinajstić information content (AvgIpc) is 2.56. The van der Waals surface area contributed by atoms with Gasteiger partial charge in [-0.1, -0.05) is 0 Å². The van der Waals surface area contributed by atoms with Gasteiger partial charge in [0.25, 0.3) is 10.1 Å². The first-order valence-corrected chi connectivity index (χ1v) is 7.90. The lowest BCUT2D eigenvalue weighted by Crippen LogP contribution is -2.54. The molecule has 1 aliphatic rings. The number of nitrogens with zero attached hydrogens (tertiary/aromatic N) is 1. The highest BCUT2D eigenvalue weighted by Gasteiger charge is 2.50. The molecule has 0 aromatic rings. The Morgan fingerprint density at radius 2 is 1.71 bits per heavy atom. The zero-order valence-electron chi connectivity index (χ0n) is 12.4. The van der Waals surface area contributed by atoms with Crippen LogP contribution >= 0.6 is 0 Å². The fraction of sp³-hybridized carbons (Fsp3) is 0.818. The Balaban J connectivity index is 0.000000690. The number of carboxylic acids is 1. The molecule has 1 heterocycles. The molecule has 0 radical (unpaired) electrons. The molecule has 1 fully saturated rings. The average molecular weight is 327 g/mol. The SMILES string of the molecule is CC(C)(C)OC(=O)N1CCCC1(O)C(=O)O.CS(=O)(=O)O. The summed E-state index contributed by atoms with van der Waals surface area (Å²) in [6.45, 7) is 5.24. The summed E-state index contributed by atoms with van der Waals surface area (Å²) in [5.74, 6) is -1.42. The maximum Gasteiger partial charge on any atom is 0.413 e. The smallest absolute Gasteiger partial charge is 0.413 e. The quantitative estimate of drug-likeness (QED) is 0.584. The van der Waals surface area contributed by atoms with E-state index in [4.69, 9.17) is 14.4 Å². The van der Waals surface area contributed by atoms with E-state index in [9.17, 15) is 23.1 Å². The number of ether oxygens (including phenoxy) is 1. The van der Waals surface area contributed by atoms with Gasteiger partial charge in [0, 0.05) is 13.0 Å². The third kappa shape index (κ3) is 7.25. The zero-order valence-corrected chi connectivity index (χ0v) is 13.2. The molecule has 0 bridgehead atoms. The second kappa shape index (κ2) is 6.58. The van der Waals surface area contributed by atoms with Crippen LogP contribution < -0.4 is 0 Å². The van der Waals surface area contributed by atoms with Crippen molar-refractivity contribution < 1.29 is 37.5 Å². The lowest BCUT2D eigenvalue weighted by atomic mass is 10.1. The van der Waals surface area contributed by atoms with Crippen LogP contribution in [0.15, 0.2) is 0 Å². The summed E-state index contributed by atoms with van der Waals surface area (Å²) in [6, 6.07) is 0. The van der Waals surface area contributed by atoms with Gasteiger partial charge in [0.2, 0.25) is 5.72 Å². The number of aliphatic hydroxyl groups is 1. The molecule has 10 heteroatoms. The molecule has 21 heavy (non-hydrogen) atoms. The lowest BCUT2D eigenvalue weighted by molar-refractivity contribution is -0.174. The predicted octanol–water partition coefficient (Wildman–Crippen LogP) is 0.295. The molecule has 0 spiro atoms. The predicted molar refractivity (Wildman–Crippen MR) is 72.2 cm³/mol. The van der Waals surface area contributed by atoms with Crippen LogP contribution in [0.1, 0.15) is 33.6 Å². The molecule has 1 unspecified atom stereocenters. The van der Waals surface area contributed by atoms with Crippen LogP contribution in [-0.2, 0) is 19.6 Å². The number of carbonyl (C=O) groups excluding carboxylic acids is 1. The molecule has 1 aliphatic heterocycles. The Bertz CT molecular complexity index is 487. The van der Waals surface area contributed by atoms with Gasteiger partial charge in [0.05, 0.1) is 6.26 Å². The molecule has 1 atom stereocenters. The largest absolute Gasteiger partial charge is 0.478 e. The normalized spacial score (nSPS) is 22.3. The molecule has 1 amide bonds. The summed E-state index contributed by atoms with van der Waals surface area (Å²) < 4.78 is 30.9. The van der Waals surface area contributed by atoms with E-state index < -0.39 is 33.5 Å². The van der Waals surface area contributed by atoms with Crippen molar-refractivity contribution in [2.75, 3.05) is 12.8 Å². The van der Waals surface area contributed by atoms with Crippen molar-refractivity contribution in [2.45, 2.75) is 44.9 Å². The van der Waals surface area contributed by atoms with E-state index in [1.54, 1.807) is 20.8 Å². The van der Waals surface area contributed by atoms with Crippen molar-refractivity contribution >= 4 is 22.2 Å². The molecular weight excluding hydrogens is 306 g/mol. The van der Waals surface area contributed by atoms with Crippen LogP contribution in [0.2, 0.25) is 0 Å². The Labute approximate surface area is 123 Å². The fourth-order valence-electron chi connectivity index (χ4n) is 1.59. The maximum absolute atomic E-state index is 11.7. The van der Waals surface area contributed by atoms with Crippen molar-refractivity contribution in [3.8, 4) is 0 Å². The van der Waals surface area contributed by atoms with Crippen LogP contribution in [0, 0.1) is 0 Å². The number of rotatable bonds is 1. The minimum Gasteiger partial charge on any atom is -0.478 e. The van der Waals surface area contributed by atoms with Gasteiger partial charge < -0.3 is 14.9 Å². The summed E-state index contributed by atoms with van der Waals surface area (Å²) in [5, 5.41) is 18.7. The van der Waals surface area contributed by atoms with E-state index in [2.05, 4.69) is 0 Å². The Morgan fingerprint density at radius 3 is 2.05 bits per heavy atom. The van der Waals surface area contributed by atoms with Crippen LogP contribution in [0.3, 0.4) is 0 Å². The first kappa shape index (κ1) is 19.6. The third-order valence-corrected chi connectivity index (χ3v) is 2.31. The van der Waals surface area contributed by atoms with E-state index in [0.29, 0.717) is 12.7 Å². The van der Waals surface area contributed by atoms with E-state index in [1.807, 2.05) is 0 Å². The summed E-state index contributed by atoms with van der Waals surface area (Å²) in [6.07, 6.45) is 0.395. The number of carboxylic acid groups (broad SMARTS) is 1. The number of hydrogen-bond donors (Lipinski definition) is 3. The lowest BCUT2D eigenvalue weighted by Gasteiger charge is -2.31. The van der Waals surface area contributed by atoms with E-state index in [0.717, 1.165) is 4.90 Å². The Morgan fingerprint density at radius 1 is 1.29 bits per heavy atom. The van der Waals surface area contributed by atoms with Gasteiger partial charge in [-0.2, -0.15) is 8.42 Å². The van der Waals surface area contributed by atoms with Gasteiger partial charge >= 0.3 is 12.1 Å². The molecule has 0 aromatic carbocycles. The fourth-order valence-corrected chi connectivity index (χ4v) is 1.59. The van der Waals surface area contributed by atoms with Crippen molar-refractivity contribution in [3.63, 3.8) is 0 Å². The highest BCUT2D eigenvalue weighted by Crippen LogP contribution is 2.28. The Kier molecular flexibility index (Phi) is 6.15. The summed E-state index contributed by atoms with van der Waals surface area (Å²) in [7, 11) is -3.67. The Hall–Kier alpha value is -1.39. The molecule has 9 nitrogen and oxygen atoms in total. The molecule has 0 aromatic heterocycles. The van der Waals surface area contributed by atoms with Gasteiger partial charge in [-0.15, -0.1) is 0 Å². The first-order valence-electron chi connectivity index (χ1n) is 6.05. The standard InChI is InChI=1S/C10H17NO5.CH4O3S/c1-9(2,3)16-8(14)11-6-4-5-10(11,15)7(12)13;1-5(2,3)4/h15H,4-6H2,1-3H3,(H,12,13);1H3,(H,2,3,4). The van der Waals surface area contributed by atoms with Crippen LogP contribution in [0.25, 0.3) is 0 Å². The summed E-state index contributed by atoms with van der Waals surface area (Å²) in [4.78, 5) is 23.4. The van der Waals surface area contributed by atoms with Crippen molar-refractivity contribution in [3.05, 3.63) is 0 Å².